The number of hydrogen-bond acceptors (Lipinski definition) is 4. The van der Waals surface area contributed by atoms with E-state index < -0.39 is 0 Å². The molecule has 0 aliphatic carbocycles. The zero-order valence-corrected chi connectivity index (χ0v) is 17.6. The third-order valence-corrected chi connectivity index (χ3v) is 5.88. The molecule has 2 aromatic carbocycles. The molecule has 30 heavy (non-hydrogen) atoms. The molecule has 0 radical (unpaired) electrons. The van der Waals surface area contributed by atoms with Gasteiger partial charge in [-0.25, -0.2) is 0 Å². The molecule has 156 valence electrons. The number of likely N-dealkylation sites (N-methyl/N-ethyl adjacent to an activating group) is 1. The Kier molecular flexibility index (Phi) is 5.97. The highest BCUT2D eigenvalue weighted by Crippen LogP contribution is 2.16. The van der Waals surface area contributed by atoms with Crippen LogP contribution in [0.15, 0.2) is 59.4 Å². The van der Waals surface area contributed by atoms with Crippen molar-refractivity contribution >= 4 is 16.8 Å². The van der Waals surface area contributed by atoms with Crippen molar-refractivity contribution in [3.05, 3.63) is 81.6 Å². The minimum atomic E-state index is -0.231. The number of pyridine rings is 1. The normalized spacial score (nSPS) is 15.4. The quantitative estimate of drug-likeness (QED) is 0.709. The molecule has 1 N–H and O–H groups in total. The molecule has 3 aromatic rings. The number of hydrogen-bond donors (Lipinski definition) is 1. The Balaban J connectivity index is 1.40. The Labute approximate surface area is 176 Å². The number of nitrogens with one attached hydrogen (secondary N) is 1. The van der Waals surface area contributed by atoms with Gasteiger partial charge in [-0.2, -0.15) is 0 Å². The Morgan fingerprint density at radius 3 is 2.33 bits per heavy atom. The van der Waals surface area contributed by atoms with Crippen molar-refractivity contribution in [2.75, 3.05) is 33.2 Å². The van der Waals surface area contributed by atoms with Gasteiger partial charge in [-0.3, -0.25) is 14.5 Å². The van der Waals surface area contributed by atoms with E-state index in [2.05, 4.69) is 46.4 Å². The second-order valence-corrected chi connectivity index (χ2v) is 8.05. The lowest BCUT2D eigenvalue weighted by atomic mass is 10.1. The molecule has 6 heteroatoms. The summed E-state index contributed by atoms with van der Waals surface area (Å²) < 4.78 is 1.56. The second-order valence-electron chi connectivity index (χ2n) is 8.05. The average molecular weight is 405 g/mol. The molecule has 1 aromatic heterocycles. The fraction of sp³-hybridized carbons (Fsp3) is 0.333. The fourth-order valence-corrected chi connectivity index (χ4v) is 3.90. The van der Waals surface area contributed by atoms with Crippen LogP contribution in [0.5, 0.6) is 0 Å². The van der Waals surface area contributed by atoms with Crippen LogP contribution in [-0.2, 0) is 20.1 Å². The number of aromatic nitrogens is 1. The van der Waals surface area contributed by atoms with E-state index >= 15 is 0 Å². The summed E-state index contributed by atoms with van der Waals surface area (Å²) in [6, 6.07) is 17.3. The Morgan fingerprint density at radius 1 is 0.933 bits per heavy atom. The topological polar surface area (TPSA) is 57.6 Å². The van der Waals surface area contributed by atoms with Crippen LogP contribution in [0.2, 0.25) is 0 Å². The maximum atomic E-state index is 12.8. The van der Waals surface area contributed by atoms with Crippen molar-refractivity contribution in [3.8, 4) is 0 Å². The minimum absolute atomic E-state index is 0.188. The predicted octanol–water partition coefficient (Wildman–Crippen LogP) is 2.22. The molecule has 1 aliphatic rings. The van der Waals surface area contributed by atoms with Crippen LogP contribution in [0.4, 0.5) is 0 Å². The maximum absolute atomic E-state index is 12.8. The Hall–Kier alpha value is -2.96. The van der Waals surface area contributed by atoms with Gasteiger partial charge >= 0.3 is 0 Å². The highest BCUT2D eigenvalue weighted by Gasteiger charge is 2.15. The van der Waals surface area contributed by atoms with E-state index in [4.69, 9.17) is 0 Å². The summed E-state index contributed by atoms with van der Waals surface area (Å²) in [6.07, 6.45) is 0. The van der Waals surface area contributed by atoms with Crippen molar-refractivity contribution in [1.82, 2.24) is 19.7 Å². The maximum Gasteiger partial charge on any atom is 0.252 e. The van der Waals surface area contributed by atoms with Gasteiger partial charge in [-0.1, -0.05) is 42.5 Å². The zero-order valence-electron chi connectivity index (χ0n) is 17.6. The summed E-state index contributed by atoms with van der Waals surface area (Å²) in [4.78, 5) is 29.8. The summed E-state index contributed by atoms with van der Waals surface area (Å²) in [5, 5.41) is 3.73. The molecule has 0 atom stereocenters. The third-order valence-electron chi connectivity index (χ3n) is 5.88. The van der Waals surface area contributed by atoms with Crippen LogP contribution >= 0.6 is 0 Å². The lowest BCUT2D eigenvalue weighted by Gasteiger charge is -2.32. The van der Waals surface area contributed by atoms with Crippen molar-refractivity contribution in [3.63, 3.8) is 0 Å². The van der Waals surface area contributed by atoms with E-state index in [9.17, 15) is 9.59 Å². The van der Waals surface area contributed by atoms with Crippen LogP contribution in [0, 0.1) is 0 Å². The number of para-hydroxylation sites is 1. The molecule has 1 aliphatic heterocycles. The number of carbonyl (C=O) groups is 1. The van der Waals surface area contributed by atoms with Gasteiger partial charge in [-0.05, 0) is 24.2 Å². The lowest BCUT2D eigenvalue weighted by Crippen LogP contribution is -2.43. The minimum Gasteiger partial charge on any atom is -0.348 e. The monoisotopic (exact) mass is 404 g/mol. The number of carbonyl (C=O) groups excluding carboxylic acids is 1. The summed E-state index contributed by atoms with van der Waals surface area (Å²) in [7, 11) is 3.88. The molecule has 1 fully saturated rings. The summed E-state index contributed by atoms with van der Waals surface area (Å²) in [5.41, 5.74) is 3.31. The van der Waals surface area contributed by atoms with E-state index in [1.165, 1.54) is 11.6 Å². The molecule has 0 unspecified atom stereocenters. The van der Waals surface area contributed by atoms with Crippen LogP contribution in [-0.4, -0.2) is 53.5 Å². The second kappa shape index (κ2) is 8.81. The SMILES string of the molecule is CN1CCN(Cc2ccc(CNC(=O)c3cc(=O)n(C)c4ccccc34)cc2)CC1. The number of aryl methyl sites for hydroxylation is 1. The molecular formula is C24H28N4O2. The van der Waals surface area contributed by atoms with Gasteiger partial charge in [0, 0.05) is 57.8 Å². The molecule has 0 saturated carbocycles. The molecule has 4 rings (SSSR count). The van der Waals surface area contributed by atoms with Gasteiger partial charge in [0.05, 0.1) is 11.1 Å². The number of fused-ring (bicyclic) bond motifs is 1. The number of amides is 1. The number of benzene rings is 2. The molecule has 1 amide bonds. The van der Waals surface area contributed by atoms with E-state index in [0.717, 1.165) is 49.2 Å². The van der Waals surface area contributed by atoms with Crippen LogP contribution in [0.1, 0.15) is 21.5 Å². The number of rotatable bonds is 5. The summed E-state index contributed by atoms with van der Waals surface area (Å²) in [5.74, 6) is -0.231. The van der Waals surface area contributed by atoms with Crippen LogP contribution in [0.3, 0.4) is 0 Å². The molecular weight excluding hydrogens is 376 g/mol. The predicted molar refractivity (Wildman–Crippen MR) is 120 cm³/mol. The number of nitrogens with zero attached hydrogens (tertiary/aromatic N) is 3. The average Bonchev–Trinajstić information content (AvgIpc) is 2.77. The Morgan fingerprint density at radius 2 is 1.60 bits per heavy atom. The largest absolute Gasteiger partial charge is 0.348 e. The third kappa shape index (κ3) is 4.45. The smallest absolute Gasteiger partial charge is 0.252 e. The standard InChI is InChI=1S/C24H28N4O2/c1-26-11-13-28(14-12-26)17-19-9-7-18(8-10-19)16-25-24(30)21-15-23(29)27(2)22-6-4-3-5-20(21)22/h3-10,15H,11-14,16-17H2,1-2H3,(H,25,30). The molecule has 0 spiro atoms. The van der Waals surface area contributed by atoms with E-state index in [0.29, 0.717) is 12.1 Å². The Bertz CT molecular complexity index is 1100. The fourth-order valence-electron chi connectivity index (χ4n) is 3.90. The first-order valence-corrected chi connectivity index (χ1v) is 10.4. The van der Waals surface area contributed by atoms with Gasteiger partial charge in [0.1, 0.15) is 0 Å². The van der Waals surface area contributed by atoms with Crippen molar-refractivity contribution < 1.29 is 4.79 Å². The van der Waals surface area contributed by atoms with Crippen molar-refractivity contribution in [2.24, 2.45) is 7.05 Å². The summed E-state index contributed by atoms with van der Waals surface area (Å²) in [6.45, 7) is 5.80. The van der Waals surface area contributed by atoms with E-state index in [-0.39, 0.29) is 11.5 Å². The van der Waals surface area contributed by atoms with Gasteiger partial charge in [0.25, 0.3) is 11.5 Å². The van der Waals surface area contributed by atoms with Crippen molar-refractivity contribution in [2.45, 2.75) is 13.1 Å². The first-order chi connectivity index (χ1) is 14.5. The molecule has 0 bridgehead atoms. The first kappa shape index (κ1) is 20.3. The first-order valence-electron chi connectivity index (χ1n) is 10.4. The van der Waals surface area contributed by atoms with Crippen LogP contribution in [0.25, 0.3) is 10.9 Å². The van der Waals surface area contributed by atoms with E-state index in [1.54, 1.807) is 11.6 Å². The van der Waals surface area contributed by atoms with Gasteiger partial charge in [0.2, 0.25) is 0 Å². The molecule has 1 saturated heterocycles. The van der Waals surface area contributed by atoms with E-state index in [1.807, 2.05) is 24.3 Å². The molecule has 2 heterocycles. The molecule has 6 nitrogen and oxygen atoms in total. The van der Waals surface area contributed by atoms with Gasteiger partial charge in [0.15, 0.2) is 0 Å². The van der Waals surface area contributed by atoms with Crippen molar-refractivity contribution in [1.29, 1.82) is 0 Å². The highest BCUT2D eigenvalue weighted by molar-refractivity contribution is 6.06. The zero-order chi connectivity index (χ0) is 21.1. The number of piperazine rings is 1. The van der Waals surface area contributed by atoms with Gasteiger partial charge < -0.3 is 14.8 Å². The van der Waals surface area contributed by atoms with Crippen LogP contribution < -0.4 is 10.9 Å². The van der Waals surface area contributed by atoms with Gasteiger partial charge in [-0.15, -0.1) is 0 Å². The highest BCUT2D eigenvalue weighted by atomic mass is 16.2. The summed E-state index contributed by atoms with van der Waals surface area (Å²) >= 11 is 0. The lowest BCUT2D eigenvalue weighted by molar-refractivity contribution is 0.0952.